The molecule has 1 saturated heterocycles. The molecule has 0 bridgehead atoms. The molecule has 1 aliphatic heterocycles. The second-order valence-corrected chi connectivity index (χ2v) is 6.30. The van der Waals surface area contributed by atoms with Crippen LogP contribution in [0.1, 0.15) is 44.6 Å². The van der Waals surface area contributed by atoms with E-state index in [2.05, 4.69) is 46.5 Å². The average molecular weight is 337 g/mol. The van der Waals surface area contributed by atoms with Gasteiger partial charge >= 0.3 is 0 Å². The first-order chi connectivity index (χ1) is 11.7. The molecule has 2 rings (SSSR count). The van der Waals surface area contributed by atoms with Crippen molar-refractivity contribution in [3.63, 3.8) is 0 Å². The Bertz CT molecular complexity index is 495. The van der Waals surface area contributed by atoms with Crippen molar-refractivity contribution in [1.29, 1.82) is 0 Å². The number of nitrogens with zero attached hydrogens (tertiary/aromatic N) is 3. The zero-order valence-corrected chi connectivity index (χ0v) is 15.2. The molecule has 1 fully saturated rings. The van der Waals surface area contributed by atoms with E-state index in [9.17, 15) is 0 Å². The number of guanidine groups is 1. The summed E-state index contributed by atoms with van der Waals surface area (Å²) < 4.78 is 10.7. The lowest BCUT2D eigenvalue weighted by molar-refractivity contribution is 0.0376. The minimum absolute atomic E-state index is 0.373. The molecule has 2 N–H and O–H groups in total. The van der Waals surface area contributed by atoms with E-state index < -0.39 is 0 Å². The number of hydrogen-bond acceptors (Lipinski definition) is 5. The zero-order valence-electron chi connectivity index (χ0n) is 15.2. The second-order valence-electron chi connectivity index (χ2n) is 6.30. The van der Waals surface area contributed by atoms with Crippen molar-refractivity contribution in [2.45, 2.75) is 39.7 Å². The SMILES string of the molecule is CCNC(=NCc1cc(C(C)C)no1)NCCCN1CCOCC1. The van der Waals surface area contributed by atoms with Gasteiger partial charge in [0.2, 0.25) is 0 Å². The van der Waals surface area contributed by atoms with Gasteiger partial charge in [-0.1, -0.05) is 19.0 Å². The highest BCUT2D eigenvalue weighted by Gasteiger charge is 2.10. The molecule has 0 aromatic carbocycles. The third-order valence-electron chi connectivity index (χ3n) is 3.95. The maximum Gasteiger partial charge on any atom is 0.191 e. The van der Waals surface area contributed by atoms with Crippen LogP contribution in [0.2, 0.25) is 0 Å². The highest BCUT2D eigenvalue weighted by atomic mass is 16.5. The molecule has 2 heterocycles. The number of morpholine rings is 1. The number of ether oxygens (including phenoxy) is 1. The molecule has 0 amide bonds. The minimum atomic E-state index is 0.373. The number of nitrogens with one attached hydrogen (secondary N) is 2. The van der Waals surface area contributed by atoms with E-state index in [-0.39, 0.29) is 0 Å². The van der Waals surface area contributed by atoms with Gasteiger partial charge in [-0.3, -0.25) is 4.90 Å². The van der Waals surface area contributed by atoms with Crippen molar-refractivity contribution >= 4 is 5.96 Å². The van der Waals surface area contributed by atoms with Crippen LogP contribution in [0.25, 0.3) is 0 Å². The number of rotatable bonds is 8. The van der Waals surface area contributed by atoms with Gasteiger partial charge in [0.15, 0.2) is 11.7 Å². The molecule has 0 aliphatic carbocycles. The fourth-order valence-corrected chi connectivity index (χ4v) is 2.51. The molecule has 0 atom stereocenters. The lowest BCUT2D eigenvalue weighted by atomic mass is 10.1. The van der Waals surface area contributed by atoms with Crippen molar-refractivity contribution < 1.29 is 9.26 Å². The van der Waals surface area contributed by atoms with Crippen LogP contribution in [0.4, 0.5) is 0 Å². The minimum Gasteiger partial charge on any atom is -0.379 e. The predicted octanol–water partition coefficient (Wildman–Crippen LogP) is 1.58. The fraction of sp³-hybridized carbons (Fsp3) is 0.765. The van der Waals surface area contributed by atoms with Crippen molar-refractivity contribution in [2.24, 2.45) is 4.99 Å². The fourth-order valence-electron chi connectivity index (χ4n) is 2.51. The first-order valence-electron chi connectivity index (χ1n) is 8.96. The first kappa shape index (κ1) is 18.7. The summed E-state index contributed by atoms with van der Waals surface area (Å²) in [5, 5.41) is 10.7. The Morgan fingerprint density at radius 1 is 1.33 bits per heavy atom. The van der Waals surface area contributed by atoms with Crippen molar-refractivity contribution in [3.8, 4) is 0 Å². The smallest absolute Gasteiger partial charge is 0.191 e. The highest BCUT2D eigenvalue weighted by molar-refractivity contribution is 5.79. The molecular formula is C17H31N5O2. The van der Waals surface area contributed by atoms with E-state index in [1.165, 1.54) is 0 Å². The van der Waals surface area contributed by atoms with E-state index in [1.807, 2.05) is 6.07 Å². The zero-order chi connectivity index (χ0) is 17.2. The van der Waals surface area contributed by atoms with E-state index in [0.717, 1.165) is 69.8 Å². The van der Waals surface area contributed by atoms with Crippen LogP contribution in [0.3, 0.4) is 0 Å². The van der Waals surface area contributed by atoms with Crippen LogP contribution in [-0.2, 0) is 11.3 Å². The van der Waals surface area contributed by atoms with E-state index in [1.54, 1.807) is 0 Å². The Morgan fingerprint density at radius 2 is 2.12 bits per heavy atom. The summed E-state index contributed by atoms with van der Waals surface area (Å²) in [6, 6.07) is 1.98. The van der Waals surface area contributed by atoms with Gasteiger partial charge in [-0.05, 0) is 25.8 Å². The lowest BCUT2D eigenvalue weighted by Gasteiger charge is -2.26. The lowest BCUT2D eigenvalue weighted by Crippen LogP contribution is -2.40. The Hall–Kier alpha value is -1.60. The molecule has 0 saturated carbocycles. The molecule has 0 unspecified atom stereocenters. The second kappa shape index (κ2) is 10.3. The number of aliphatic imine (C=N–C) groups is 1. The van der Waals surface area contributed by atoms with Gasteiger partial charge in [0.05, 0.1) is 18.9 Å². The molecule has 0 spiro atoms. The van der Waals surface area contributed by atoms with Gasteiger partial charge in [-0.2, -0.15) is 0 Å². The third-order valence-corrected chi connectivity index (χ3v) is 3.95. The normalized spacial score (nSPS) is 16.6. The molecule has 1 aromatic heterocycles. The Labute approximate surface area is 144 Å². The van der Waals surface area contributed by atoms with Gasteiger partial charge in [0, 0.05) is 32.2 Å². The van der Waals surface area contributed by atoms with Gasteiger partial charge < -0.3 is 19.9 Å². The number of hydrogen-bond donors (Lipinski definition) is 2. The van der Waals surface area contributed by atoms with Crippen molar-refractivity contribution in [1.82, 2.24) is 20.7 Å². The molecule has 24 heavy (non-hydrogen) atoms. The van der Waals surface area contributed by atoms with Crippen molar-refractivity contribution in [3.05, 3.63) is 17.5 Å². The third kappa shape index (κ3) is 6.49. The molecule has 1 aliphatic rings. The summed E-state index contributed by atoms with van der Waals surface area (Å²) in [5.74, 6) is 1.99. The first-order valence-corrected chi connectivity index (χ1v) is 8.96. The van der Waals surface area contributed by atoms with Gasteiger partial charge in [-0.15, -0.1) is 0 Å². The summed E-state index contributed by atoms with van der Waals surface area (Å²) in [7, 11) is 0. The highest BCUT2D eigenvalue weighted by Crippen LogP contribution is 2.14. The predicted molar refractivity (Wildman–Crippen MR) is 95.3 cm³/mol. The van der Waals surface area contributed by atoms with Crippen LogP contribution < -0.4 is 10.6 Å². The summed E-state index contributed by atoms with van der Waals surface area (Å²) in [5.41, 5.74) is 0.976. The maximum atomic E-state index is 5.37. The van der Waals surface area contributed by atoms with E-state index >= 15 is 0 Å². The van der Waals surface area contributed by atoms with Gasteiger partial charge in [0.25, 0.3) is 0 Å². The topological polar surface area (TPSA) is 74.9 Å². The molecular weight excluding hydrogens is 306 g/mol. The van der Waals surface area contributed by atoms with Crippen molar-refractivity contribution in [2.75, 3.05) is 45.9 Å². The molecule has 0 radical (unpaired) electrons. The molecule has 1 aromatic rings. The number of aromatic nitrogens is 1. The monoisotopic (exact) mass is 337 g/mol. The summed E-state index contributed by atoms with van der Waals surface area (Å²) in [4.78, 5) is 7.01. The molecule has 136 valence electrons. The summed E-state index contributed by atoms with van der Waals surface area (Å²) in [6.45, 7) is 13.4. The van der Waals surface area contributed by atoms with Gasteiger partial charge in [-0.25, -0.2) is 4.99 Å². The van der Waals surface area contributed by atoms with Crippen LogP contribution in [0, 0.1) is 0 Å². The molecule has 7 heteroatoms. The standard InChI is InChI=1S/C17H31N5O2/c1-4-18-17(19-6-5-7-22-8-10-23-11-9-22)20-13-15-12-16(14(2)3)21-24-15/h12,14H,4-11,13H2,1-3H3,(H2,18,19,20). The largest absolute Gasteiger partial charge is 0.379 e. The van der Waals surface area contributed by atoms with Crippen LogP contribution in [0.15, 0.2) is 15.6 Å². The quantitative estimate of drug-likeness (QED) is 0.426. The Balaban J connectivity index is 1.73. The van der Waals surface area contributed by atoms with E-state index in [4.69, 9.17) is 9.26 Å². The summed E-state index contributed by atoms with van der Waals surface area (Å²) >= 11 is 0. The van der Waals surface area contributed by atoms with E-state index in [0.29, 0.717) is 12.5 Å². The van der Waals surface area contributed by atoms with Crippen LogP contribution >= 0.6 is 0 Å². The Kier molecular flexibility index (Phi) is 8.04. The molecule has 7 nitrogen and oxygen atoms in total. The Morgan fingerprint density at radius 3 is 2.79 bits per heavy atom. The van der Waals surface area contributed by atoms with Crippen LogP contribution in [-0.4, -0.2) is 62.0 Å². The van der Waals surface area contributed by atoms with Gasteiger partial charge in [0.1, 0.15) is 6.54 Å². The van der Waals surface area contributed by atoms with Crippen LogP contribution in [0.5, 0.6) is 0 Å². The summed E-state index contributed by atoms with van der Waals surface area (Å²) in [6.07, 6.45) is 1.09. The average Bonchev–Trinajstić information content (AvgIpc) is 3.06. The maximum absolute atomic E-state index is 5.37.